The average Bonchev–Trinajstić information content (AvgIpc) is 1.80. The van der Waals surface area contributed by atoms with Crippen LogP contribution in [-0.4, -0.2) is 7.85 Å². The quantitative estimate of drug-likeness (QED) is 0.501. The summed E-state index contributed by atoms with van der Waals surface area (Å²) in [5.41, 5.74) is 1.03. The Hall–Kier alpha value is 0.0649. The first-order valence-electron chi connectivity index (χ1n) is 5.66. The minimum absolute atomic E-state index is 0.463. The molecular weight excluding hydrogens is 155 g/mol. The normalized spacial score (nSPS) is 34.5. The standard InChI is InChI=1S/C12H25B/c1-10(2,3)12(13)8-6-7-11(4,5)9-12/h6-9,13H2,1-5H3. The zero-order chi connectivity index (χ0) is 10.3. The summed E-state index contributed by atoms with van der Waals surface area (Å²) in [5.74, 6) is 0. The molecule has 1 rings (SSSR count). The third-order valence-electron chi connectivity index (χ3n) is 4.26. The van der Waals surface area contributed by atoms with E-state index in [1.165, 1.54) is 25.7 Å². The van der Waals surface area contributed by atoms with Crippen LogP contribution in [0.3, 0.4) is 0 Å². The SMILES string of the molecule is BC1(C(C)(C)C)CCCC(C)(C)C1. The van der Waals surface area contributed by atoms with E-state index in [4.69, 9.17) is 0 Å². The van der Waals surface area contributed by atoms with Crippen molar-refractivity contribution in [2.24, 2.45) is 10.8 Å². The summed E-state index contributed by atoms with van der Waals surface area (Å²) in [4.78, 5) is 0. The molecule has 76 valence electrons. The molecule has 0 aromatic rings. The van der Waals surface area contributed by atoms with Crippen LogP contribution in [0.5, 0.6) is 0 Å². The summed E-state index contributed by atoms with van der Waals surface area (Å²) in [5, 5.41) is 0.550. The van der Waals surface area contributed by atoms with Crippen LogP contribution in [0, 0.1) is 10.8 Å². The Bertz CT molecular complexity index is 188. The maximum Gasteiger partial charge on any atom is 0.110 e. The summed E-state index contributed by atoms with van der Waals surface area (Å²) in [6.45, 7) is 12.0. The van der Waals surface area contributed by atoms with Gasteiger partial charge in [-0.2, -0.15) is 0 Å². The van der Waals surface area contributed by atoms with Gasteiger partial charge in [-0.15, -0.1) is 0 Å². The average molecular weight is 180 g/mol. The fraction of sp³-hybridized carbons (Fsp3) is 1.00. The van der Waals surface area contributed by atoms with Gasteiger partial charge in [-0.3, -0.25) is 0 Å². The number of hydrogen-bond acceptors (Lipinski definition) is 0. The highest BCUT2D eigenvalue weighted by Gasteiger charge is 2.43. The molecule has 1 heteroatoms. The molecule has 0 amide bonds. The minimum atomic E-state index is 0.463. The smallest absolute Gasteiger partial charge is 0.0603 e. The van der Waals surface area contributed by atoms with Crippen LogP contribution in [0.25, 0.3) is 0 Å². The van der Waals surface area contributed by atoms with E-state index in [0.717, 1.165) is 0 Å². The van der Waals surface area contributed by atoms with Gasteiger partial charge in [0.15, 0.2) is 0 Å². The van der Waals surface area contributed by atoms with Gasteiger partial charge in [0.25, 0.3) is 0 Å². The lowest BCUT2D eigenvalue weighted by Crippen LogP contribution is -2.37. The molecule has 13 heavy (non-hydrogen) atoms. The van der Waals surface area contributed by atoms with E-state index in [1.54, 1.807) is 0 Å². The zero-order valence-electron chi connectivity index (χ0n) is 10.3. The molecule has 1 unspecified atom stereocenters. The minimum Gasteiger partial charge on any atom is -0.0603 e. The van der Waals surface area contributed by atoms with Crippen LogP contribution in [0.1, 0.15) is 60.3 Å². The van der Waals surface area contributed by atoms with Gasteiger partial charge in [0.1, 0.15) is 7.85 Å². The lowest BCUT2D eigenvalue weighted by atomic mass is 9.45. The largest absolute Gasteiger partial charge is 0.110 e. The molecule has 0 aliphatic heterocycles. The molecule has 1 saturated carbocycles. The van der Waals surface area contributed by atoms with E-state index in [1.807, 2.05) is 0 Å². The van der Waals surface area contributed by atoms with Crippen LogP contribution in [0.15, 0.2) is 0 Å². The third-order valence-corrected chi connectivity index (χ3v) is 4.26. The van der Waals surface area contributed by atoms with Crippen molar-refractivity contribution in [3.63, 3.8) is 0 Å². The Morgan fingerprint density at radius 3 is 1.92 bits per heavy atom. The summed E-state index contributed by atoms with van der Waals surface area (Å²) in [7, 11) is 2.48. The highest BCUT2D eigenvalue weighted by Crippen LogP contribution is 2.58. The second-order valence-electron chi connectivity index (χ2n) is 7.01. The van der Waals surface area contributed by atoms with E-state index >= 15 is 0 Å². The van der Waals surface area contributed by atoms with Crippen molar-refractivity contribution < 1.29 is 0 Å². The predicted molar refractivity (Wildman–Crippen MR) is 62.9 cm³/mol. The Morgan fingerprint density at radius 2 is 1.62 bits per heavy atom. The maximum absolute atomic E-state index is 2.48. The number of rotatable bonds is 0. The van der Waals surface area contributed by atoms with Crippen LogP contribution in [0.4, 0.5) is 0 Å². The zero-order valence-corrected chi connectivity index (χ0v) is 10.3. The van der Waals surface area contributed by atoms with Crippen molar-refractivity contribution in [3.05, 3.63) is 0 Å². The van der Waals surface area contributed by atoms with E-state index in [-0.39, 0.29) is 0 Å². The molecule has 0 nitrogen and oxygen atoms in total. The Balaban J connectivity index is 2.81. The molecule has 0 bridgehead atoms. The topological polar surface area (TPSA) is 0 Å². The molecule has 0 heterocycles. The fourth-order valence-corrected chi connectivity index (χ4v) is 2.83. The molecule has 0 saturated heterocycles. The predicted octanol–water partition coefficient (Wildman–Crippen LogP) is 3.42. The molecule has 1 fully saturated rings. The summed E-state index contributed by atoms with van der Waals surface area (Å²) in [6.07, 6.45) is 5.64. The first-order valence-corrected chi connectivity index (χ1v) is 5.66. The Morgan fingerprint density at radius 1 is 1.08 bits per heavy atom. The van der Waals surface area contributed by atoms with Crippen LogP contribution >= 0.6 is 0 Å². The van der Waals surface area contributed by atoms with Gasteiger partial charge in [-0.05, 0) is 23.7 Å². The second-order valence-corrected chi connectivity index (χ2v) is 7.01. The van der Waals surface area contributed by atoms with Crippen molar-refractivity contribution in [1.29, 1.82) is 0 Å². The monoisotopic (exact) mass is 180 g/mol. The molecule has 0 N–H and O–H groups in total. The maximum atomic E-state index is 2.48. The van der Waals surface area contributed by atoms with Crippen molar-refractivity contribution >= 4 is 7.85 Å². The summed E-state index contributed by atoms with van der Waals surface area (Å²) >= 11 is 0. The Kier molecular flexibility index (Phi) is 2.60. The third kappa shape index (κ3) is 2.30. The summed E-state index contributed by atoms with van der Waals surface area (Å²) < 4.78 is 0. The van der Waals surface area contributed by atoms with E-state index < -0.39 is 0 Å². The van der Waals surface area contributed by atoms with Gasteiger partial charge in [0.05, 0.1) is 0 Å². The van der Waals surface area contributed by atoms with Gasteiger partial charge in [-0.1, -0.05) is 52.8 Å². The van der Waals surface area contributed by atoms with E-state index in [0.29, 0.717) is 16.1 Å². The first kappa shape index (κ1) is 11.1. The van der Waals surface area contributed by atoms with Gasteiger partial charge < -0.3 is 0 Å². The van der Waals surface area contributed by atoms with Crippen molar-refractivity contribution in [1.82, 2.24) is 0 Å². The van der Waals surface area contributed by atoms with Gasteiger partial charge in [-0.25, -0.2) is 0 Å². The molecule has 0 aromatic carbocycles. The molecule has 1 atom stereocenters. The molecule has 1 aliphatic carbocycles. The Labute approximate surface area is 84.9 Å². The highest BCUT2D eigenvalue weighted by molar-refractivity contribution is 6.15. The van der Waals surface area contributed by atoms with Crippen molar-refractivity contribution in [3.8, 4) is 0 Å². The lowest BCUT2D eigenvalue weighted by Gasteiger charge is -2.51. The first-order chi connectivity index (χ1) is 5.66. The molecule has 0 aromatic heterocycles. The van der Waals surface area contributed by atoms with E-state index in [2.05, 4.69) is 42.5 Å². The molecular formula is C12H25B. The van der Waals surface area contributed by atoms with Gasteiger partial charge >= 0.3 is 0 Å². The van der Waals surface area contributed by atoms with Crippen LogP contribution in [-0.2, 0) is 0 Å². The summed E-state index contributed by atoms with van der Waals surface area (Å²) in [6, 6.07) is 0. The van der Waals surface area contributed by atoms with Gasteiger partial charge in [0, 0.05) is 0 Å². The molecule has 0 spiro atoms. The van der Waals surface area contributed by atoms with E-state index in [9.17, 15) is 0 Å². The molecule has 0 radical (unpaired) electrons. The second kappa shape index (κ2) is 3.03. The fourth-order valence-electron chi connectivity index (χ4n) is 2.83. The number of hydrogen-bond donors (Lipinski definition) is 0. The van der Waals surface area contributed by atoms with Crippen LogP contribution < -0.4 is 0 Å². The van der Waals surface area contributed by atoms with Crippen LogP contribution in [0.2, 0.25) is 5.31 Å². The van der Waals surface area contributed by atoms with Gasteiger partial charge in [0.2, 0.25) is 0 Å². The lowest BCUT2D eigenvalue weighted by molar-refractivity contribution is 0.112. The van der Waals surface area contributed by atoms with Crippen molar-refractivity contribution in [2.75, 3.05) is 0 Å². The highest BCUT2D eigenvalue weighted by atomic mass is 14.4. The van der Waals surface area contributed by atoms with Crippen molar-refractivity contribution in [2.45, 2.75) is 65.6 Å². The molecule has 1 aliphatic rings.